The van der Waals surface area contributed by atoms with E-state index in [4.69, 9.17) is 18.9 Å². The van der Waals surface area contributed by atoms with Gasteiger partial charge in [-0.05, 0) is 92.6 Å². The molecule has 270 valence electrons. The summed E-state index contributed by atoms with van der Waals surface area (Å²) in [6, 6.07) is 3.32. The van der Waals surface area contributed by atoms with Crippen LogP contribution in [0.2, 0.25) is 0 Å². The molecule has 1 spiro atoms. The molecular formula is C36H58N4O8. The molecule has 1 aromatic heterocycles. The molecule has 0 unspecified atom stereocenters. The number of aliphatic hydroxyl groups is 1. The van der Waals surface area contributed by atoms with E-state index in [0.717, 1.165) is 0 Å². The highest BCUT2D eigenvalue weighted by Crippen LogP contribution is 2.40. The molecule has 3 aliphatic rings. The van der Waals surface area contributed by atoms with Gasteiger partial charge in [0, 0.05) is 51.1 Å². The van der Waals surface area contributed by atoms with Crippen molar-refractivity contribution in [3.63, 3.8) is 0 Å². The van der Waals surface area contributed by atoms with Crippen LogP contribution < -0.4 is 0 Å². The van der Waals surface area contributed by atoms with Crippen LogP contribution in [0.4, 0.5) is 0 Å². The van der Waals surface area contributed by atoms with Gasteiger partial charge in [-0.1, -0.05) is 13.8 Å². The lowest BCUT2D eigenvalue weighted by molar-refractivity contribution is -0.295. The van der Waals surface area contributed by atoms with Crippen molar-refractivity contribution in [2.24, 2.45) is 17.3 Å². The molecule has 0 aliphatic carbocycles. The van der Waals surface area contributed by atoms with Gasteiger partial charge in [0.25, 0.3) is 5.91 Å². The number of nitrogens with zero attached hydrogens (tertiary/aromatic N) is 4. The van der Waals surface area contributed by atoms with E-state index in [2.05, 4.69) is 16.8 Å². The van der Waals surface area contributed by atoms with Crippen LogP contribution in [0.25, 0.3) is 0 Å². The molecular weight excluding hydrogens is 616 g/mol. The van der Waals surface area contributed by atoms with Gasteiger partial charge in [-0.3, -0.25) is 24.3 Å². The molecule has 3 aliphatic heterocycles. The molecule has 0 radical (unpaired) electrons. The third kappa shape index (κ3) is 7.94. The quantitative estimate of drug-likeness (QED) is 0.365. The molecule has 0 saturated carbocycles. The lowest BCUT2D eigenvalue weighted by Crippen LogP contribution is -2.59. The number of likely N-dealkylation sites (tertiary alicyclic amines) is 1. The first-order valence-electron chi connectivity index (χ1n) is 17.3. The molecule has 4 heterocycles. The Kier molecular flexibility index (Phi) is 12.1. The average Bonchev–Trinajstić information content (AvgIpc) is 3.06. The number of rotatable bonds is 5. The Labute approximate surface area is 286 Å². The molecule has 12 nitrogen and oxygen atoms in total. The summed E-state index contributed by atoms with van der Waals surface area (Å²) in [4.78, 5) is 51.5. The number of hydrogen-bond donors (Lipinski definition) is 1. The first kappa shape index (κ1) is 38.3. The lowest BCUT2D eigenvalue weighted by atomic mass is 9.74. The second kappa shape index (κ2) is 15.2. The zero-order valence-electron chi connectivity index (χ0n) is 30.6. The fourth-order valence-corrected chi connectivity index (χ4v) is 7.94. The fraction of sp³-hybridized carbons (Fsp3) is 0.778. The summed E-state index contributed by atoms with van der Waals surface area (Å²) in [5, 5.41) is 11.4. The van der Waals surface area contributed by atoms with Gasteiger partial charge in [-0.25, -0.2) is 0 Å². The van der Waals surface area contributed by atoms with E-state index in [-0.39, 0.29) is 36.4 Å². The number of pyridine rings is 1. The predicted molar refractivity (Wildman–Crippen MR) is 180 cm³/mol. The van der Waals surface area contributed by atoms with E-state index in [9.17, 15) is 19.5 Å². The van der Waals surface area contributed by atoms with Crippen molar-refractivity contribution in [2.75, 3.05) is 54.5 Å². The SMILES string of the molecule is CO[C@]1(C)C[C@@H](C)CN(C)C2(CCN(C(=O)c3cccnc3)CC2)COC(=O)C(C)(C)C(=O)[C@H](C)[C@H]1O[C@@H]1O[C@H](C)C[C@H](N(C)C)[C@H]1O. The van der Waals surface area contributed by atoms with E-state index < -0.39 is 46.9 Å². The Morgan fingerprint density at radius 1 is 1.12 bits per heavy atom. The Morgan fingerprint density at radius 2 is 1.79 bits per heavy atom. The highest BCUT2D eigenvalue weighted by Gasteiger charge is 2.52. The molecule has 1 amide bonds. The molecule has 4 rings (SSSR count). The number of ketones is 1. The fourth-order valence-electron chi connectivity index (χ4n) is 7.94. The van der Waals surface area contributed by atoms with Crippen molar-refractivity contribution in [3.05, 3.63) is 30.1 Å². The van der Waals surface area contributed by atoms with E-state index in [1.165, 1.54) is 0 Å². The number of carbonyl (C=O) groups is 3. The summed E-state index contributed by atoms with van der Waals surface area (Å²) in [7, 11) is 7.47. The molecule has 8 atom stereocenters. The number of amides is 1. The van der Waals surface area contributed by atoms with Crippen LogP contribution in [0.3, 0.4) is 0 Å². The van der Waals surface area contributed by atoms with Crippen molar-refractivity contribution in [1.29, 1.82) is 0 Å². The third-order valence-electron chi connectivity index (χ3n) is 11.1. The van der Waals surface area contributed by atoms with Gasteiger partial charge in [0.15, 0.2) is 12.1 Å². The van der Waals surface area contributed by atoms with Crippen LogP contribution >= 0.6 is 0 Å². The van der Waals surface area contributed by atoms with Gasteiger partial charge in [0.1, 0.15) is 18.1 Å². The minimum absolute atomic E-state index is 0.0652. The molecule has 1 aromatic rings. The molecule has 0 bridgehead atoms. The van der Waals surface area contributed by atoms with Crippen LogP contribution in [0.5, 0.6) is 0 Å². The number of hydrogen-bond acceptors (Lipinski definition) is 11. The molecule has 3 fully saturated rings. The number of likely N-dealkylation sites (N-methyl/N-ethyl adjacent to an activating group) is 2. The summed E-state index contributed by atoms with van der Waals surface area (Å²) < 4.78 is 25.1. The second-order valence-corrected chi connectivity index (χ2v) is 15.4. The number of esters is 1. The van der Waals surface area contributed by atoms with E-state index in [0.29, 0.717) is 50.9 Å². The van der Waals surface area contributed by atoms with Crippen molar-refractivity contribution < 1.29 is 38.4 Å². The lowest BCUT2D eigenvalue weighted by Gasteiger charge is -2.48. The number of Topliss-reactive ketones (excluding diaryl/α,β-unsaturated/α-hetero) is 1. The maximum absolute atomic E-state index is 14.3. The molecule has 1 N–H and O–H groups in total. The maximum Gasteiger partial charge on any atom is 0.319 e. The summed E-state index contributed by atoms with van der Waals surface area (Å²) in [6.07, 6.45) is 2.59. The minimum atomic E-state index is -1.49. The van der Waals surface area contributed by atoms with Crippen LogP contribution in [0.1, 0.15) is 77.6 Å². The average molecular weight is 675 g/mol. The third-order valence-corrected chi connectivity index (χ3v) is 11.1. The highest BCUT2D eigenvalue weighted by atomic mass is 16.7. The topological polar surface area (TPSA) is 131 Å². The number of aliphatic hydroxyl groups excluding tert-OH is 1. The standard InChI is InChI=1S/C36H58N4O8/c1-23-19-35(6,45-10)30(48-32-28(41)27(38(7)8)18-24(2)47-32)25(3)29(42)34(4,5)33(44)46-22-36(39(9)21-23)13-16-40(17-14-36)31(43)26-12-11-15-37-20-26/h11-12,15,20,23-25,27-28,30,32,41H,13-14,16-19,21-22H2,1-10H3/t23-,24-,25+,27+,28-,30-,32+,35-/m1/s1. The highest BCUT2D eigenvalue weighted by molar-refractivity contribution is 6.04. The van der Waals surface area contributed by atoms with Gasteiger partial charge in [-0.15, -0.1) is 0 Å². The number of carbonyl (C=O) groups excluding carboxylic acids is 3. The number of piperidine rings is 1. The zero-order chi connectivity index (χ0) is 35.6. The van der Waals surface area contributed by atoms with E-state index in [1.807, 2.05) is 44.8 Å². The van der Waals surface area contributed by atoms with Crippen LogP contribution in [0, 0.1) is 17.3 Å². The largest absolute Gasteiger partial charge is 0.463 e. The minimum Gasteiger partial charge on any atom is -0.463 e. The number of cyclic esters (lactones) is 1. The molecule has 0 aromatic carbocycles. The number of aromatic nitrogens is 1. The van der Waals surface area contributed by atoms with Crippen molar-refractivity contribution in [2.45, 2.75) is 109 Å². The van der Waals surface area contributed by atoms with Crippen LogP contribution in [-0.2, 0) is 28.5 Å². The van der Waals surface area contributed by atoms with E-state index >= 15 is 0 Å². The zero-order valence-corrected chi connectivity index (χ0v) is 30.6. The Hall–Kier alpha value is -2.48. The van der Waals surface area contributed by atoms with Crippen LogP contribution in [0.15, 0.2) is 24.5 Å². The summed E-state index contributed by atoms with van der Waals surface area (Å²) in [6.45, 7) is 12.7. The maximum atomic E-state index is 14.3. The Morgan fingerprint density at radius 3 is 2.38 bits per heavy atom. The predicted octanol–water partition coefficient (Wildman–Crippen LogP) is 3.02. The van der Waals surface area contributed by atoms with E-state index in [1.54, 1.807) is 52.4 Å². The van der Waals surface area contributed by atoms with Gasteiger partial charge in [0.2, 0.25) is 0 Å². The van der Waals surface area contributed by atoms with Crippen LogP contribution in [-0.4, -0.2) is 139 Å². The molecule has 48 heavy (non-hydrogen) atoms. The first-order valence-corrected chi connectivity index (χ1v) is 17.3. The summed E-state index contributed by atoms with van der Waals surface area (Å²) in [5.41, 5.74) is -2.46. The van der Waals surface area contributed by atoms with Gasteiger partial charge >= 0.3 is 5.97 Å². The van der Waals surface area contributed by atoms with Crippen molar-refractivity contribution in [3.8, 4) is 0 Å². The Balaban J connectivity index is 1.64. The first-order chi connectivity index (χ1) is 22.5. The van der Waals surface area contributed by atoms with Gasteiger partial charge < -0.3 is 33.9 Å². The summed E-state index contributed by atoms with van der Waals surface area (Å²) in [5.74, 6) is -1.76. The Bertz CT molecular complexity index is 1270. The van der Waals surface area contributed by atoms with Gasteiger partial charge in [0.05, 0.1) is 28.9 Å². The van der Waals surface area contributed by atoms with Crippen molar-refractivity contribution in [1.82, 2.24) is 19.7 Å². The normalized spacial score (nSPS) is 35.4. The summed E-state index contributed by atoms with van der Waals surface area (Å²) >= 11 is 0. The molecule has 12 heteroatoms. The second-order valence-electron chi connectivity index (χ2n) is 15.4. The van der Waals surface area contributed by atoms with Crippen molar-refractivity contribution >= 4 is 17.7 Å². The van der Waals surface area contributed by atoms with Gasteiger partial charge in [-0.2, -0.15) is 0 Å². The molecule has 3 saturated heterocycles. The smallest absolute Gasteiger partial charge is 0.319 e. The number of ether oxygens (including phenoxy) is 4. The monoisotopic (exact) mass is 674 g/mol. The number of methoxy groups -OCH3 is 1.